The average Bonchev–Trinajstić information content (AvgIpc) is 3.20. The molecular formula is C22H37N4O15P3. The third kappa shape index (κ3) is 12.8. The molecule has 0 bridgehead atoms. The first-order chi connectivity index (χ1) is 20.5. The van der Waals surface area contributed by atoms with Crippen LogP contribution in [0.4, 0.5) is 5.82 Å². The SMILES string of the molecule is CCN(CC)CC.O=c1nc(NOCc2ccccc2)ccn1[C@@H]1O[C@H](COP(=O)(O)OP(=O)(O)OP(=O)(O)O)[C@@H](O)[C@H]1O. The van der Waals surface area contributed by atoms with Gasteiger partial charge in [-0.3, -0.25) is 13.9 Å². The quantitative estimate of drug-likeness (QED) is 0.102. The summed E-state index contributed by atoms with van der Waals surface area (Å²) in [7, 11) is -16.8. The summed E-state index contributed by atoms with van der Waals surface area (Å²) in [6.45, 7) is 9.26. The topological polar surface area (TPSA) is 269 Å². The third-order valence-electron chi connectivity index (χ3n) is 5.86. The summed E-state index contributed by atoms with van der Waals surface area (Å²) in [4.78, 5) is 59.5. The van der Waals surface area contributed by atoms with E-state index in [9.17, 15) is 33.6 Å². The Balaban J connectivity index is 0.000000860. The maximum absolute atomic E-state index is 12.4. The predicted molar refractivity (Wildman–Crippen MR) is 153 cm³/mol. The van der Waals surface area contributed by atoms with E-state index in [1.807, 2.05) is 30.3 Å². The largest absolute Gasteiger partial charge is 0.490 e. The molecule has 0 aliphatic carbocycles. The molecule has 3 rings (SSSR count). The Morgan fingerprint density at radius 1 is 0.932 bits per heavy atom. The van der Waals surface area contributed by atoms with Crippen molar-refractivity contribution in [3.63, 3.8) is 0 Å². The number of phosphoric ester groups is 1. The summed E-state index contributed by atoms with van der Waals surface area (Å²) in [6.07, 6.45) is -5.46. The summed E-state index contributed by atoms with van der Waals surface area (Å²) < 4.78 is 51.5. The van der Waals surface area contributed by atoms with Crippen LogP contribution >= 0.6 is 23.5 Å². The molecule has 1 fully saturated rings. The van der Waals surface area contributed by atoms with Gasteiger partial charge in [0.15, 0.2) is 12.0 Å². The number of rotatable bonds is 15. The molecule has 7 N–H and O–H groups in total. The molecule has 2 aromatic rings. The molecule has 44 heavy (non-hydrogen) atoms. The fraction of sp³-hybridized carbons (Fsp3) is 0.545. The van der Waals surface area contributed by atoms with Gasteiger partial charge in [0.2, 0.25) is 0 Å². The Hall–Kier alpha value is -1.89. The van der Waals surface area contributed by atoms with Gasteiger partial charge in [-0.15, -0.1) is 0 Å². The minimum absolute atomic E-state index is 0.0226. The van der Waals surface area contributed by atoms with Crippen LogP contribution in [-0.4, -0.2) is 88.8 Å². The van der Waals surface area contributed by atoms with Crippen molar-refractivity contribution in [2.24, 2.45) is 0 Å². The lowest BCUT2D eigenvalue weighted by molar-refractivity contribution is -0.0541. The number of aliphatic hydroxyl groups excluding tert-OH is 2. The summed E-state index contributed by atoms with van der Waals surface area (Å²) in [5.74, 6) is 0.0226. The van der Waals surface area contributed by atoms with E-state index in [2.05, 4.69) is 49.3 Å². The van der Waals surface area contributed by atoms with Crippen molar-refractivity contribution >= 4 is 29.3 Å². The molecule has 1 aromatic heterocycles. The Bertz CT molecular complexity index is 1370. The number of benzene rings is 1. The average molecular weight is 690 g/mol. The number of anilines is 1. The van der Waals surface area contributed by atoms with Crippen LogP contribution in [0, 0.1) is 0 Å². The van der Waals surface area contributed by atoms with Crippen molar-refractivity contribution in [3.05, 3.63) is 58.6 Å². The van der Waals surface area contributed by atoms with Gasteiger partial charge < -0.3 is 39.4 Å². The smallest absolute Gasteiger partial charge is 0.387 e. The Kier molecular flexibility index (Phi) is 14.9. The Morgan fingerprint density at radius 3 is 2.07 bits per heavy atom. The van der Waals surface area contributed by atoms with Gasteiger partial charge in [0.25, 0.3) is 0 Å². The molecule has 0 spiro atoms. The third-order valence-corrected chi connectivity index (χ3v) is 9.66. The molecule has 19 nitrogen and oxygen atoms in total. The molecule has 250 valence electrons. The van der Waals surface area contributed by atoms with Crippen molar-refractivity contribution < 1.29 is 66.2 Å². The number of ether oxygens (including phenoxy) is 1. The number of hydrogen-bond donors (Lipinski definition) is 7. The first-order valence-electron chi connectivity index (χ1n) is 13.0. The number of nitrogens with one attached hydrogen (secondary N) is 1. The lowest BCUT2D eigenvalue weighted by Gasteiger charge is -2.19. The van der Waals surface area contributed by atoms with E-state index >= 15 is 0 Å². The van der Waals surface area contributed by atoms with Crippen LogP contribution in [0.5, 0.6) is 0 Å². The van der Waals surface area contributed by atoms with Crippen LogP contribution in [0.15, 0.2) is 47.4 Å². The molecule has 0 amide bonds. The van der Waals surface area contributed by atoms with Gasteiger partial charge >= 0.3 is 29.2 Å². The maximum atomic E-state index is 12.4. The molecular weight excluding hydrogens is 653 g/mol. The highest BCUT2D eigenvalue weighted by molar-refractivity contribution is 7.66. The molecule has 2 unspecified atom stereocenters. The van der Waals surface area contributed by atoms with E-state index < -0.39 is 60.3 Å². The van der Waals surface area contributed by atoms with E-state index in [-0.39, 0.29) is 12.4 Å². The van der Waals surface area contributed by atoms with Gasteiger partial charge in [-0.1, -0.05) is 51.1 Å². The van der Waals surface area contributed by atoms with Crippen LogP contribution in [0.3, 0.4) is 0 Å². The second kappa shape index (κ2) is 17.1. The molecule has 1 aromatic carbocycles. The summed E-state index contributed by atoms with van der Waals surface area (Å²) in [5, 5.41) is 20.4. The Morgan fingerprint density at radius 2 is 1.55 bits per heavy atom. The van der Waals surface area contributed by atoms with E-state index in [1.165, 1.54) is 25.7 Å². The fourth-order valence-electron chi connectivity index (χ4n) is 3.67. The van der Waals surface area contributed by atoms with Gasteiger partial charge in [0.1, 0.15) is 18.3 Å². The standard InChI is InChI=1S/C16H22N3O15P3.C6H15N/c20-13-11(9-31-36(26,27)34-37(28,29)33-35(23,24)25)32-15(14(13)21)19-7-6-12(17-16(19)22)18-30-8-10-4-2-1-3-5-10;1-4-7(5-2)6-3/h1-7,11,13-15,20-21H,8-9H2,(H,26,27)(H,28,29)(H,17,18,22)(H2,23,24,25);4-6H2,1-3H3/t11-,13-,14-,15-;/m1./s1. The van der Waals surface area contributed by atoms with Gasteiger partial charge in [-0.05, 0) is 31.3 Å². The summed E-state index contributed by atoms with van der Waals surface area (Å²) >= 11 is 0. The minimum Gasteiger partial charge on any atom is -0.387 e. The number of aliphatic hydroxyl groups is 2. The predicted octanol–water partition coefficient (Wildman–Crippen LogP) is 1.10. The van der Waals surface area contributed by atoms with Crippen LogP contribution < -0.4 is 11.2 Å². The summed E-state index contributed by atoms with van der Waals surface area (Å²) in [6, 6.07) is 10.4. The van der Waals surface area contributed by atoms with Gasteiger partial charge in [-0.25, -0.2) is 24.0 Å². The highest BCUT2D eigenvalue weighted by Gasteiger charge is 2.46. The normalized spacial score (nSPS) is 23.0. The lowest BCUT2D eigenvalue weighted by Crippen LogP contribution is -2.36. The highest BCUT2D eigenvalue weighted by atomic mass is 31.3. The molecule has 1 aliphatic heterocycles. The van der Waals surface area contributed by atoms with Crippen LogP contribution in [0.2, 0.25) is 0 Å². The van der Waals surface area contributed by atoms with Crippen molar-refractivity contribution in [2.75, 3.05) is 31.7 Å². The van der Waals surface area contributed by atoms with Crippen molar-refractivity contribution in [1.29, 1.82) is 0 Å². The van der Waals surface area contributed by atoms with Gasteiger partial charge in [0.05, 0.1) is 13.2 Å². The molecule has 2 heterocycles. The zero-order valence-electron chi connectivity index (χ0n) is 23.9. The van der Waals surface area contributed by atoms with Crippen molar-refractivity contribution in [3.8, 4) is 0 Å². The zero-order valence-corrected chi connectivity index (χ0v) is 26.6. The van der Waals surface area contributed by atoms with Gasteiger partial charge in [0, 0.05) is 6.20 Å². The fourth-order valence-corrected chi connectivity index (χ4v) is 6.70. The van der Waals surface area contributed by atoms with E-state index in [1.54, 1.807) is 0 Å². The van der Waals surface area contributed by atoms with Crippen LogP contribution in [-0.2, 0) is 43.0 Å². The van der Waals surface area contributed by atoms with Crippen LogP contribution in [0.25, 0.3) is 0 Å². The molecule has 0 saturated carbocycles. The van der Waals surface area contributed by atoms with E-state index in [0.29, 0.717) is 0 Å². The van der Waals surface area contributed by atoms with Crippen LogP contribution in [0.1, 0.15) is 32.6 Å². The van der Waals surface area contributed by atoms with Gasteiger partial charge in [-0.2, -0.15) is 13.6 Å². The van der Waals surface area contributed by atoms with Crippen molar-refractivity contribution in [1.82, 2.24) is 14.5 Å². The molecule has 0 radical (unpaired) electrons. The monoisotopic (exact) mass is 690 g/mol. The number of nitrogens with zero attached hydrogens (tertiary/aromatic N) is 3. The minimum atomic E-state index is -5.75. The molecule has 1 saturated heterocycles. The first kappa shape index (κ1) is 38.3. The molecule has 6 atom stereocenters. The van der Waals surface area contributed by atoms with E-state index in [0.717, 1.165) is 16.3 Å². The number of phosphoric acid groups is 3. The molecule has 22 heteroatoms. The van der Waals surface area contributed by atoms with E-state index in [4.69, 9.17) is 24.3 Å². The zero-order chi connectivity index (χ0) is 33.1. The highest BCUT2D eigenvalue weighted by Crippen LogP contribution is 2.66. The Labute approximate surface area is 252 Å². The number of hydrogen-bond acceptors (Lipinski definition) is 14. The number of aromatic nitrogens is 2. The second-order valence-corrected chi connectivity index (χ2v) is 13.4. The maximum Gasteiger partial charge on any atom is 0.490 e. The second-order valence-electron chi connectivity index (χ2n) is 8.93. The lowest BCUT2D eigenvalue weighted by atomic mass is 10.1. The van der Waals surface area contributed by atoms with Crippen molar-refractivity contribution in [2.45, 2.75) is 51.9 Å². The molecule has 1 aliphatic rings. The first-order valence-corrected chi connectivity index (χ1v) is 17.6. The summed E-state index contributed by atoms with van der Waals surface area (Å²) in [5.41, 5.74) is 2.39.